The highest BCUT2D eigenvalue weighted by molar-refractivity contribution is 5.85. The van der Waals surface area contributed by atoms with Gasteiger partial charge < -0.3 is 16.0 Å². The largest absolute Gasteiger partial charge is 0.355 e. The standard InChI is InChI=1S/C17H32N4O2.2ClH/c1-14(18)13-16(22)19-7-8-20-9-11-21(12-10-20)17(23)15-5-3-2-4-6-15;;/h14-15H,2-13,18H2,1H3,(H,19,22);2*1H. The van der Waals surface area contributed by atoms with Gasteiger partial charge in [-0.2, -0.15) is 0 Å². The van der Waals surface area contributed by atoms with Crippen LogP contribution in [0.1, 0.15) is 45.4 Å². The molecule has 148 valence electrons. The Kier molecular flexibility index (Phi) is 12.5. The topological polar surface area (TPSA) is 78.7 Å². The molecule has 1 atom stereocenters. The lowest BCUT2D eigenvalue weighted by Crippen LogP contribution is -2.51. The molecule has 0 aromatic carbocycles. The fourth-order valence-electron chi connectivity index (χ4n) is 3.52. The van der Waals surface area contributed by atoms with E-state index in [0.717, 1.165) is 45.6 Å². The zero-order chi connectivity index (χ0) is 16.7. The minimum absolute atomic E-state index is 0. The van der Waals surface area contributed by atoms with Gasteiger partial charge in [-0.3, -0.25) is 14.5 Å². The third-order valence-corrected chi connectivity index (χ3v) is 4.90. The summed E-state index contributed by atoms with van der Waals surface area (Å²) >= 11 is 0. The van der Waals surface area contributed by atoms with Crippen LogP contribution in [-0.4, -0.2) is 66.9 Å². The van der Waals surface area contributed by atoms with Gasteiger partial charge in [0.25, 0.3) is 0 Å². The van der Waals surface area contributed by atoms with Gasteiger partial charge in [-0.1, -0.05) is 19.3 Å². The van der Waals surface area contributed by atoms with Crippen molar-refractivity contribution in [3.8, 4) is 0 Å². The van der Waals surface area contributed by atoms with E-state index in [0.29, 0.717) is 18.9 Å². The van der Waals surface area contributed by atoms with Crippen LogP contribution in [0.25, 0.3) is 0 Å². The molecular weight excluding hydrogens is 363 g/mol. The van der Waals surface area contributed by atoms with E-state index in [2.05, 4.69) is 10.2 Å². The molecule has 1 saturated heterocycles. The Labute approximate surface area is 164 Å². The molecule has 0 aromatic heterocycles. The molecule has 0 radical (unpaired) electrons. The van der Waals surface area contributed by atoms with Crippen LogP contribution in [-0.2, 0) is 9.59 Å². The summed E-state index contributed by atoms with van der Waals surface area (Å²) in [6.45, 7) is 6.79. The highest BCUT2D eigenvalue weighted by Crippen LogP contribution is 2.25. The predicted molar refractivity (Wildman–Crippen MR) is 105 cm³/mol. The van der Waals surface area contributed by atoms with E-state index in [1.54, 1.807) is 0 Å². The van der Waals surface area contributed by atoms with E-state index in [4.69, 9.17) is 5.73 Å². The van der Waals surface area contributed by atoms with Crippen molar-refractivity contribution in [2.75, 3.05) is 39.3 Å². The van der Waals surface area contributed by atoms with Crippen molar-refractivity contribution in [1.29, 1.82) is 0 Å². The number of amides is 2. The summed E-state index contributed by atoms with van der Waals surface area (Å²) in [6, 6.07) is -0.0932. The number of nitrogens with two attached hydrogens (primary N) is 1. The number of carbonyl (C=O) groups excluding carboxylic acids is 2. The van der Waals surface area contributed by atoms with Crippen LogP contribution in [0, 0.1) is 5.92 Å². The molecule has 0 spiro atoms. The van der Waals surface area contributed by atoms with Gasteiger partial charge in [-0.05, 0) is 19.8 Å². The van der Waals surface area contributed by atoms with Crippen molar-refractivity contribution in [2.24, 2.45) is 11.7 Å². The van der Waals surface area contributed by atoms with Gasteiger partial charge in [0, 0.05) is 57.6 Å². The van der Waals surface area contributed by atoms with Crippen molar-refractivity contribution in [3.05, 3.63) is 0 Å². The molecule has 2 aliphatic rings. The second-order valence-corrected chi connectivity index (χ2v) is 7.03. The molecule has 0 bridgehead atoms. The molecule has 1 unspecified atom stereocenters. The first-order chi connectivity index (χ1) is 11.1. The zero-order valence-corrected chi connectivity index (χ0v) is 16.9. The Morgan fingerprint density at radius 1 is 1.08 bits per heavy atom. The lowest BCUT2D eigenvalue weighted by atomic mass is 9.88. The quantitative estimate of drug-likeness (QED) is 0.711. The summed E-state index contributed by atoms with van der Waals surface area (Å²) in [5.74, 6) is 0.661. The van der Waals surface area contributed by atoms with Gasteiger partial charge in [0.15, 0.2) is 0 Å². The Bertz CT molecular complexity index is 396. The fourth-order valence-corrected chi connectivity index (χ4v) is 3.52. The van der Waals surface area contributed by atoms with Gasteiger partial charge >= 0.3 is 0 Å². The maximum atomic E-state index is 12.5. The zero-order valence-electron chi connectivity index (χ0n) is 15.2. The van der Waals surface area contributed by atoms with E-state index >= 15 is 0 Å². The van der Waals surface area contributed by atoms with Gasteiger partial charge in [-0.25, -0.2) is 0 Å². The van der Waals surface area contributed by atoms with Crippen molar-refractivity contribution in [2.45, 2.75) is 51.5 Å². The molecular formula is C17H34Cl2N4O2. The van der Waals surface area contributed by atoms with E-state index in [1.165, 1.54) is 19.3 Å². The third kappa shape index (κ3) is 8.58. The Balaban J connectivity index is 0.00000288. The molecule has 3 N–H and O–H groups in total. The highest BCUT2D eigenvalue weighted by atomic mass is 35.5. The second kappa shape index (κ2) is 12.7. The van der Waals surface area contributed by atoms with Crippen LogP contribution in [0.5, 0.6) is 0 Å². The van der Waals surface area contributed by atoms with Gasteiger partial charge in [0.05, 0.1) is 0 Å². The fraction of sp³-hybridized carbons (Fsp3) is 0.882. The number of rotatable bonds is 6. The lowest BCUT2D eigenvalue weighted by Gasteiger charge is -2.37. The van der Waals surface area contributed by atoms with Crippen molar-refractivity contribution in [3.63, 3.8) is 0 Å². The van der Waals surface area contributed by atoms with Crippen LogP contribution in [0.4, 0.5) is 0 Å². The van der Waals surface area contributed by atoms with E-state index in [9.17, 15) is 9.59 Å². The molecule has 25 heavy (non-hydrogen) atoms. The minimum atomic E-state index is -0.0932. The van der Waals surface area contributed by atoms with Crippen molar-refractivity contribution >= 4 is 36.6 Å². The number of hydrogen-bond donors (Lipinski definition) is 2. The Morgan fingerprint density at radius 2 is 1.68 bits per heavy atom. The van der Waals surface area contributed by atoms with Crippen molar-refractivity contribution in [1.82, 2.24) is 15.1 Å². The number of piperazine rings is 1. The third-order valence-electron chi connectivity index (χ3n) is 4.90. The molecule has 1 aliphatic carbocycles. The number of nitrogens with one attached hydrogen (secondary N) is 1. The monoisotopic (exact) mass is 396 g/mol. The molecule has 2 rings (SSSR count). The maximum Gasteiger partial charge on any atom is 0.225 e. The summed E-state index contributed by atoms with van der Waals surface area (Å²) in [4.78, 5) is 28.4. The molecule has 1 aliphatic heterocycles. The average Bonchev–Trinajstić information content (AvgIpc) is 2.55. The van der Waals surface area contributed by atoms with E-state index < -0.39 is 0 Å². The molecule has 2 amide bonds. The maximum absolute atomic E-state index is 12.5. The molecule has 8 heteroatoms. The summed E-state index contributed by atoms with van der Waals surface area (Å²) in [5.41, 5.74) is 5.60. The smallest absolute Gasteiger partial charge is 0.225 e. The summed E-state index contributed by atoms with van der Waals surface area (Å²) in [7, 11) is 0. The Morgan fingerprint density at radius 3 is 2.24 bits per heavy atom. The highest BCUT2D eigenvalue weighted by Gasteiger charge is 2.28. The number of halogens is 2. The van der Waals surface area contributed by atoms with Crippen LogP contribution >= 0.6 is 24.8 Å². The Hall–Kier alpha value is -0.560. The summed E-state index contributed by atoms with van der Waals surface area (Å²) in [6.07, 6.45) is 6.22. The minimum Gasteiger partial charge on any atom is -0.355 e. The van der Waals surface area contributed by atoms with Gasteiger partial charge in [0.2, 0.25) is 11.8 Å². The number of carbonyl (C=O) groups is 2. The SMILES string of the molecule is CC(N)CC(=O)NCCN1CCN(C(=O)C2CCCCC2)CC1.Cl.Cl. The average molecular weight is 397 g/mol. The van der Waals surface area contributed by atoms with Crippen LogP contribution < -0.4 is 11.1 Å². The lowest BCUT2D eigenvalue weighted by molar-refractivity contribution is -0.138. The second-order valence-electron chi connectivity index (χ2n) is 7.03. The molecule has 1 heterocycles. The number of hydrogen-bond acceptors (Lipinski definition) is 4. The molecule has 1 saturated carbocycles. The predicted octanol–water partition coefficient (Wildman–Crippen LogP) is 1.41. The van der Waals surface area contributed by atoms with Crippen LogP contribution in [0.2, 0.25) is 0 Å². The summed E-state index contributed by atoms with van der Waals surface area (Å²) in [5, 5.41) is 2.91. The first-order valence-electron chi connectivity index (χ1n) is 9.09. The number of nitrogens with zero attached hydrogens (tertiary/aromatic N) is 2. The van der Waals surface area contributed by atoms with Crippen LogP contribution in [0.15, 0.2) is 0 Å². The van der Waals surface area contributed by atoms with E-state index in [-0.39, 0.29) is 42.7 Å². The van der Waals surface area contributed by atoms with Gasteiger partial charge in [-0.15, -0.1) is 24.8 Å². The normalized spacial score (nSPS) is 20.2. The van der Waals surface area contributed by atoms with Gasteiger partial charge in [0.1, 0.15) is 0 Å². The first-order valence-corrected chi connectivity index (χ1v) is 9.09. The molecule has 2 fully saturated rings. The van der Waals surface area contributed by atoms with E-state index in [1.807, 2.05) is 11.8 Å². The summed E-state index contributed by atoms with van der Waals surface area (Å²) < 4.78 is 0. The first kappa shape index (κ1) is 24.4. The van der Waals surface area contributed by atoms with Crippen LogP contribution in [0.3, 0.4) is 0 Å². The van der Waals surface area contributed by atoms with Crippen molar-refractivity contribution < 1.29 is 9.59 Å². The molecule has 6 nitrogen and oxygen atoms in total. The molecule has 0 aromatic rings.